The minimum atomic E-state index is -0.252. The molecular formula is C20H22N2O3. The monoisotopic (exact) mass is 338 g/mol. The molecule has 0 unspecified atom stereocenters. The molecule has 0 radical (unpaired) electrons. The summed E-state index contributed by atoms with van der Waals surface area (Å²) in [5, 5.41) is 13.5. The van der Waals surface area contributed by atoms with Crippen molar-refractivity contribution in [2.24, 2.45) is 5.16 Å². The molecule has 1 saturated heterocycles. The Morgan fingerprint density at radius 1 is 1.24 bits per heavy atom. The minimum absolute atomic E-state index is 0.0875. The summed E-state index contributed by atoms with van der Waals surface area (Å²) < 4.78 is 0. The van der Waals surface area contributed by atoms with Gasteiger partial charge >= 0.3 is 0 Å². The first-order valence-electron chi connectivity index (χ1n) is 8.31. The number of aliphatic hydroxyl groups excluding tert-OH is 1. The topological polar surface area (TPSA) is 62.1 Å². The first kappa shape index (κ1) is 17.2. The maximum absolute atomic E-state index is 12.8. The average molecular weight is 338 g/mol. The van der Waals surface area contributed by atoms with Gasteiger partial charge in [0, 0.05) is 12.0 Å². The first-order chi connectivity index (χ1) is 12.1. The van der Waals surface area contributed by atoms with Gasteiger partial charge in [-0.2, -0.15) is 0 Å². The number of hydrogen-bond donors (Lipinski definition) is 1. The molecule has 3 rings (SSSR count). The fourth-order valence-electron chi connectivity index (χ4n) is 3.22. The lowest BCUT2D eigenvalue weighted by Crippen LogP contribution is -2.37. The molecule has 1 heterocycles. The SMILES string of the molecule is CON=C1C[C@@H](CO)N(C(=O)c2ccc(-c3ccccc3C)cc2)C1. The Kier molecular flexibility index (Phi) is 5.14. The standard InChI is InChI=1S/C20H22N2O3/c1-14-5-3-4-6-19(14)15-7-9-16(10-8-15)20(24)22-12-17(21-25-2)11-18(22)13-23/h3-10,18,23H,11-13H2,1-2H3/t18-/m0/s1. The highest BCUT2D eigenvalue weighted by Gasteiger charge is 2.33. The molecular weight excluding hydrogens is 316 g/mol. The van der Waals surface area contributed by atoms with Crippen molar-refractivity contribution >= 4 is 11.6 Å². The van der Waals surface area contributed by atoms with Crippen molar-refractivity contribution in [1.29, 1.82) is 0 Å². The third-order valence-electron chi connectivity index (χ3n) is 4.54. The van der Waals surface area contributed by atoms with Gasteiger partial charge in [0.2, 0.25) is 0 Å². The van der Waals surface area contributed by atoms with Crippen molar-refractivity contribution in [2.75, 3.05) is 20.3 Å². The van der Waals surface area contributed by atoms with E-state index in [1.165, 1.54) is 12.7 Å². The van der Waals surface area contributed by atoms with Gasteiger partial charge in [-0.15, -0.1) is 0 Å². The van der Waals surface area contributed by atoms with E-state index in [1.54, 1.807) is 4.90 Å². The molecule has 2 aromatic rings. The second kappa shape index (κ2) is 7.49. The van der Waals surface area contributed by atoms with E-state index >= 15 is 0 Å². The van der Waals surface area contributed by atoms with Crippen LogP contribution in [0.3, 0.4) is 0 Å². The van der Waals surface area contributed by atoms with Crippen molar-refractivity contribution in [2.45, 2.75) is 19.4 Å². The Morgan fingerprint density at radius 2 is 1.96 bits per heavy atom. The van der Waals surface area contributed by atoms with Crippen LogP contribution < -0.4 is 0 Å². The third-order valence-corrected chi connectivity index (χ3v) is 4.54. The van der Waals surface area contributed by atoms with E-state index in [-0.39, 0.29) is 18.6 Å². The number of amides is 1. The van der Waals surface area contributed by atoms with E-state index in [4.69, 9.17) is 4.84 Å². The number of hydrogen-bond acceptors (Lipinski definition) is 4. The van der Waals surface area contributed by atoms with E-state index in [0.29, 0.717) is 18.5 Å². The van der Waals surface area contributed by atoms with Crippen LogP contribution in [0.2, 0.25) is 0 Å². The smallest absolute Gasteiger partial charge is 0.254 e. The fraction of sp³-hybridized carbons (Fsp3) is 0.300. The van der Waals surface area contributed by atoms with Gasteiger partial charge in [0.15, 0.2) is 0 Å². The number of carbonyl (C=O) groups is 1. The molecule has 0 bridgehead atoms. The lowest BCUT2D eigenvalue weighted by atomic mass is 9.99. The maximum atomic E-state index is 12.8. The molecule has 130 valence electrons. The molecule has 2 aromatic carbocycles. The van der Waals surface area contributed by atoms with Gasteiger partial charge in [0.25, 0.3) is 5.91 Å². The second-order valence-corrected chi connectivity index (χ2v) is 6.21. The number of aryl methyl sites for hydroxylation is 1. The molecule has 5 nitrogen and oxygen atoms in total. The number of oxime groups is 1. The van der Waals surface area contributed by atoms with Crippen molar-refractivity contribution in [3.05, 3.63) is 59.7 Å². The van der Waals surface area contributed by atoms with Crippen LogP contribution in [0, 0.1) is 6.92 Å². The van der Waals surface area contributed by atoms with Gasteiger partial charge < -0.3 is 14.8 Å². The molecule has 1 aliphatic heterocycles. The zero-order valence-electron chi connectivity index (χ0n) is 14.5. The summed E-state index contributed by atoms with van der Waals surface area (Å²) in [5.74, 6) is -0.100. The zero-order chi connectivity index (χ0) is 17.8. The highest BCUT2D eigenvalue weighted by Crippen LogP contribution is 2.25. The third kappa shape index (κ3) is 3.56. The predicted octanol–water partition coefficient (Wildman–Crippen LogP) is 2.87. The first-order valence-corrected chi connectivity index (χ1v) is 8.31. The zero-order valence-corrected chi connectivity index (χ0v) is 14.5. The Hall–Kier alpha value is -2.66. The molecule has 1 atom stereocenters. The van der Waals surface area contributed by atoms with Crippen molar-refractivity contribution in [1.82, 2.24) is 4.90 Å². The fourth-order valence-corrected chi connectivity index (χ4v) is 3.22. The maximum Gasteiger partial charge on any atom is 0.254 e. The van der Waals surface area contributed by atoms with Gasteiger partial charge in [-0.3, -0.25) is 4.79 Å². The number of aliphatic hydroxyl groups is 1. The van der Waals surface area contributed by atoms with Crippen LogP contribution in [0.4, 0.5) is 0 Å². The van der Waals surface area contributed by atoms with E-state index in [1.807, 2.05) is 36.4 Å². The van der Waals surface area contributed by atoms with E-state index in [2.05, 4.69) is 24.2 Å². The van der Waals surface area contributed by atoms with Crippen LogP contribution >= 0.6 is 0 Å². The van der Waals surface area contributed by atoms with Gasteiger partial charge in [-0.05, 0) is 35.7 Å². The lowest BCUT2D eigenvalue weighted by molar-refractivity contribution is 0.0680. The number of rotatable bonds is 4. The number of nitrogens with zero attached hydrogens (tertiary/aromatic N) is 2. The van der Waals surface area contributed by atoms with Gasteiger partial charge in [-0.25, -0.2) is 0 Å². The van der Waals surface area contributed by atoms with Crippen molar-refractivity contribution < 1.29 is 14.7 Å². The summed E-state index contributed by atoms with van der Waals surface area (Å²) >= 11 is 0. The van der Waals surface area contributed by atoms with E-state index < -0.39 is 0 Å². The Bertz CT molecular complexity index is 784. The van der Waals surface area contributed by atoms with Gasteiger partial charge in [-0.1, -0.05) is 41.6 Å². The molecule has 0 aliphatic carbocycles. The molecule has 1 N–H and O–H groups in total. The average Bonchev–Trinajstić information content (AvgIpc) is 3.05. The Labute approximate surface area is 147 Å². The molecule has 1 fully saturated rings. The van der Waals surface area contributed by atoms with Crippen LogP contribution in [0.1, 0.15) is 22.3 Å². The van der Waals surface area contributed by atoms with Crippen LogP contribution in [0.25, 0.3) is 11.1 Å². The van der Waals surface area contributed by atoms with Crippen molar-refractivity contribution in [3.63, 3.8) is 0 Å². The highest BCUT2D eigenvalue weighted by molar-refractivity contribution is 6.00. The molecule has 0 aromatic heterocycles. The van der Waals surface area contributed by atoms with Gasteiger partial charge in [0.1, 0.15) is 7.11 Å². The van der Waals surface area contributed by atoms with Crippen LogP contribution in [0.15, 0.2) is 53.7 Å². The summed E-state index contributed by atoms with van der Waals surface area (Å²) in [5.41, 5.74) is 4.81. The molecule has 1 amide bonds. The van der Waals surface area contributed by atoms with Gasteiger partial charge in [0.05, 0.1) is 24.9 Å². The van der Waals surface area contributed by atoms with Crippen molar-refractivity contribution in [3.8, 4) is 11.1 Å². The molecule has 0 spiro atoms. The van der Waals surface area contributed by atoms with Crippen LogP contribution in [-0.2, 0) is 4.84 Å². The number of benzene rings is 2. The summed E-state index contributed by atoms with van der Waals surface area (Å²) in [4.78, 5) is 19.2. The molecule has 0 saturated carbocycles. The Balaban J connectivity index is 1.81. The van der Waals surface area contributed by atoms with E-state index in [0.717, 1.165) is 16.8 Å². The summed E-state index contributed by atoms with van der Waals surface area (Å²) in [7, 11) is 1.48. The highest BCUT2D eigenvalue weighted by atomic mass is 16.6. The Morgan fingerprint density at radius 3 is 2.60 bits per heavy atom. The molecule has 5 heteroatoms. The lowest BCUT2D eigenvalue weighted by Gasteiger charge is -2.22. The van der Waals surface area contributed by atoms with E-state index in [9.17, 15) is 9.90 Å². The minimum Gasteiger partial charge on any atom is -0.399 e. The predicted molar refractivity (Wildman–Crippen MR) is 97.6 cm³/mol. The molecule has 25 heavy (non-hydrogen) atoms. The largest absolute Gasteiger partial charge is 0.399 e. The quantitative estimate of drug-likeness (QED) is 0.872. The van der Waals surface area contributed by atoms with Crippen LogP contribution in [0.5, 0.6) is 0 Å². The second-order valence-electron chi connectivity index (χ2n) is 6.21. The normalized spacial score (nSPS) is 18.6. The summed E-state index contributed by atoms with van der Waals surface area (Å²) in [6.45, 7) is 2.37. The summed E-state index contributed by atoms with van der Waals surface area (Å²) in [6, 6.07) is 15.5. The summed E-state index contributed by atoms with van der Waals surface area (Å²) in [6.07, 6.45) is 0.539. The number of likely N-dealkylation sites (tertiary alicyclic amines) is 1. The molecule has 1 aliphatic rings. The number of carbonyl (C=O) groups excluding carboxylic acids is 1. The van der Waals surface area contributed by atoms with Crippen LogP contribution in [-0.4, -0.2) is 47.9 Å².